The Hall–Kier alpha value is -0.980. The van der Waals surface area contributed by atoms with Gasteiger partial charge in [0.25, 0.3) is 0 Å². The summed E-state index contributed by atoms with van der Waals surface area (Å²) in [6.07, 6.45) is 6.91. The van der Waals surface area contributed by atoms with Gasteiger partial charge < -0.3 is 10.1 Å². The summed E-state index contributed by atoms with van der Waals surface area (Å²) >= 11 is 1.70. The highest BCUT2D eigenvalue weighted by Gasteiger charge is 2.45. The number of piperidine rings is 1. The average molecular weight is 422 g/mol. The van der Waals surface area contributed by atoms with Gasteiger partial charge in [0.05, 0.1) is 5.69 Å². The molecule has 0 spiro atoms. The second-order valence-electron chi connectivity index (χ2n) is 8.97. The molecule has 3 rings (SSSR count). The number of carbonyl (C=O) groups excluding carboxylic acids is 1. The van der Waals surface area contributed by atoms with Gasteiger partial charge in [-0.15, -0.1) is 11.3 Å². The molecule has 6 heteroatoms. The van der Waals surface area contributed by atoms with Crippen LogP contribution in [0.3, 0.4) is 0 Å². The standard InChI is InChI=1S/C23H39N3O2S/c1-6-15(3)24-22(27)20-12-16(4)26(21-11-9-8-10-19(20)21)13-18-14-29-23(25-18)17(5)28-7-2/h14-17,19-21H,6-13H2,1-5H3,(H,24,27)/t15-,16-,17-,19+,20+,21-/m1/s1. The minimum absolute atomic E-state index is 0.0635. The molecule has 0 radical (unpaired) electrons. The van der Waals surface area contributed by atoms with Crippen LogP contribution < -0.4 is 5.32 Å². The van der Waals surface area contributed by atoms with E-state index in [4.69, 9.17) is 9.72 Å². The number of fused-ring (bicyclic) bond motifs is 1. The molecule has 164 valence electrons. The van der Waals surface area contributed by atoms with Crippen molar-refractivity contribution >= 4 is 17.2 Å². The van der Waals surface area contributed by atoms with E-state index in [9.17, 15) is 4.79 Å². The van der Waals surface area contributed by atoms with Crippen molar-refractivity contribution in [1.82, 2.24) is 15.2 Å². The molecule has 2 fully saturated rings. The molecular weight excluding hydrogens is 382 g/mol. The first kappa shape index (κ1) is 22.7. The second kappa shape index (κ2) is 10.4. The quantitative estimate of drug-likeness (QED) is 0.647. The van der Waals surface area contributed by atoms with Crippen molar-refractivity contribution in [2.75, 3.05) is 6.61 Å². The van der Waals surface area contributed by atoms with Crippen LogP contribution in [0.4, 0.5) is 0 Å². The van der Waals surface area contributed by atoms with Crippen LogP contribution in [-0.4, -0.2) is 40.5 Å². The monoisotopic (exact) mass is 421 g/mol. The first-order chi connectivity index (χ1) is 13.9. The number of nitrogens with one attached hydrogen (secondary N) is 1. The largest absolute Gasteiger partial charge is 0.372 e. The number of ether oxygens (including phenoxy) is 1. The van der Waals surface area contributed by atoms with E-state index >= 15 is 0 Å². The fraction of sp³-hybridized carbons (Fsp3) is 0.826. The summed E-state index contributed by atoms with van der Waals surface area (Å²) in [4.78, 5) is 20.5. The number of rotatable bonds is 8. The van der Waals surface area contributed by atoms with Crippen LogP contribution >= 0.6 is 11.3 Å². The third kappa shape index (κ3) is 5.39. The van der Waals surface area contributed by atoms with Crippen LogP contribution in [0.25, 0.3) is 0 Å². The Labute approximate surface area is 180 Å². The maximum absolute atomic E-state index is 13.0. The molecule has 5 nitrogen and oxygen atoms in total. The van der Waals surface area contributed by atoms with Gasteiger partial charge >= 0.3 is 0 Å². The lowest BCUT2D eigenvalue weighted by atomic mass is 9.69. The molecule has 2 aliphatic rings. The lowest BCUT2D eigenvalue weighted by Gasteiger charge is -2.50. The summed E-state index contributed by atoms with van der Waals surface area (Å²) in [5.41, 5.74) is 1.15. The van der Waals surface area contributed by atoms with E-state index in [1.165, 1.54) is 25.7 Å². The molecule has 1 saturated heterocycles. The molecule has 1 aliphatic heterocycles. The van der Waals surface area contributed by atoms with E-state index in [0.29, 0.717) is 24.6 Å². The zero-order valence-electron chi connectivity index (χ0n) is 18.8. The van der Waals surface area contributed by atoms with Gasteiger partial charge in [-0.25, -0.2) is 4.98 Å². The van der Waals surface area contributed by atoms with Crippen LogP contribution in [0, 0.1) is 11.8 Å². The first-order valence-electron chi connectivity index (χ1n) is 11.6. The third-order valence-electron chi connectivity index (χ3n) is 6.90. The van der Waals surface area contributed by atoms with Gasteiger partial charge in [-0.1, -0.05) is 19.8 Å². The SMILES string of the molecule is CCO[C@H](C)c1nc(CN2[C@H](C)C[C@H](C(=O)N[C@H](C)CC)[C@@H]3CCCC[C@H]32)cs1. The molecule has 0 aromatic carbocycles. The average Bonchev–Trinajstić information content (AvgIpc) is 3.18. The molecule has 1 amide bonds. The Morgan fingerprint density at radius 3 is 2.83 bits per heavy atom. The van der Waals surface area contributed by atoms with E-state index in [2.05, 4.69) is 43.3 Å². The Morgan fingerprint density at radius 2 is 2.10 bits per heavy atom. The van der Waals surface area contributed by atoms with Crippen LogP contribution in [0.15, 0.2) is 5.38 Å². The maximum atomic E-state index is 13.0. The molecule has 2 heterocycles. The van der Waals surface area contributed by atoms with Crippen molar-refractivity contribution < 1.29 is 9.53 Å². The van der Waals surface area contributed by atoms with Crippen molar-refractivity contribution in [3.8, 4) is 0 Å². The van der Waals surface area contributed by atoms with Crippen molar-refractivity contribution in [3.05, 3.63) is 16.1 Å². The lowest BCUT2D eigenvalue weighted by molar-refractivity contribution is -0.134. The van der Waals surface area contributed by atoms with Gasteiger partial charge in [0.15, 0.2) is 0 Å². The Kier molecular flexibility index (Phi) is 8.11. The normalized spacial score (nSPS) is 29.8. The van der Waals surface area contributed by atoms with E-state index < -0.39 is 0 Å². The van der Waals surface area contributed by atoms with E-state index in [1.807, 2.05) is 6.92 Å². The summed E-state index contributed by atoms with van der Waals surface area (Å²) in [5.74, 6) is 0.915. The Morgan fingerprint density at radius 1 is 1.34 bits per heavy atom. The summed E-state index contributed by atoms with van der Waals surface area (Å²) < 4.78 is 5.71. The summed E-state index contributed by atoms with van der Waals surface area (Å²) in [6.45, 7) is 12.2. The van der Waals surface area contributed by atoms with E-state index in [-0.39, 0.29) is 24.0 Å². The first-order valence-corrected chi connectivity index (χ1v) is 12.4. The predicted octanol–water partition coefficient (Wildman–Crippen LogP) is 4.92. The van der Waals surface area contributed by atoms with Crippen molar-refractivity contribution in [2.45, 2.75) is 104 Å². The minimum atomic E-state index is 0.0635. The Bertz CT molecular complexity index is 664. The smallest absolute Gasteiger partial charge is 0.223 e. The summed E-state index contributed by atoms with van der Waals surface area (Å²) in [6, 6.07) is 1.16. The van der Waals surface area contributed by atoms with E-state index in [0.717, 1.165) is 30.1 Å². The molecule has 1 aromatic rings. The van der Waals surface area contributed by atoms with Crippen LogP contribution in [-0.2, 0) is 16.1 Å². The number of likely N-dealkylation sites (tertiary alicyclic amines) is 1. The zero-order valence-corrected chi connectivity index (χ0v) is 19.6. The second-order valence-corrected chi connectivity index (χ2v) is 9.86. The minimum Gasteiger partial charge on any atom is -0.372 e. The molecule has 1 saturated carbocycles. The highest BCUT2D eigenvalue weighted by molar-refractivity contribution is 7.09. The van der Waals surface area contributed by atoms with Gasteiger partial charge in [0.1, 0.15) is 11.1 Å². The number of hydrogen-bond donors (Lipinski definition) is 1. The molecule has 0 bridgehead atoms. The van der Waals surface area contributed by atoms with Crippen molar-refractivity contribution in [1.29, 1.82) is 0 Å². The number of hydrogen-bond acceptors (Lipinski definition) is 5. The van der Waals surface area contributed by atoms with Gasteiger partial charge in [-0.3, -0.25) is 9.69 Å². The van der Waals surface area contributed by atoms with Crippen molar-refractivity contribution in [3.63, 3.8) is 0 Å². The zero-order chi connectivity index (χ0) is 21.0. The molecular formula is C23H39N3O2S. The van der Waals surface area contributed by atoms with E-state index in [1.54, 1.807) is 11.3 Å². The van der Waals surface area contributed by atoms with Crippen LogP contribution in [0.2, 0.25) is 0 Å². The topological polar surface area (TPSA) is 54.5 Å². The summed E-state index contributed by atoms with van der Waals surface area (Å²) in [7, 11) is 0. The van der Waals surface area contributed by atoms with Crippen LogP contribution in [0.1, 0.15) is 89.9 Å². The maximum Gasteiger partial charge on any atom is 0.223 e. The number of carbonyl (C=O) groups is 1. The fourth-order valence-corrected chi connectivity index (χ4v) is 5.96. The molecule has 29 heavy (non-hydrogen) atoms. The predicted molar refractivity (Wildman–Crippen MR) is 119 cm³/mol. The van der Waals surface area contributed by atoms with Gasteiger partial charge in [-0.2, -0.15) is 0 Å². The summed E-state index contributed by atoms with van der Waals surface area (Å²) in [5, 5.41) is 6.52. The number of thiazole rings is 1. The molecule has 1 N–H and O–H groups in total. The highest BCUT2D eigenvalue weighted by Crippen LogP contribution is 2.42. The fourth-order valence-electron chi connectivity index (χ4n) is 5.14. The lowest BCUT2D eigenvalue weighted by Crippen LogP contribution is -2.57. The highest BCUT2D eigenvalue weighted by atomic mass is 32.1. The van der Waals surface area contributed by atoms with Gasteiger partial charge in [0, 0.05) is 42.6 Å². The van der Waals surface area contributed by atoms with Gasteiger partial charge in [0.2, 0.25) is 5.91 Å². The van der Waals surface area contributed by atoms with Crippen molar-refractivity contribution in [2.24, 2.45) is 11.8 Å². The van der Waals surface area contributed by atoms with Crippen LogP contribution in [0.5, 0.6) is 0 Å². The molecule has 1 aromatic heterocycles. The number of aromatic nitrogens is 1. The Balaban J connectivity index is 1.71. The van der Waals surface area contributed by atoms with Gasteiger partial charge in [-0.05, 0) is 59.3 Å². The molecule has 0 unspecified atom stereocenters. The molecule has 6 atom stereocenters. The number of nitrogens with zero attached hydrogens (tertiary/aromatic N) is 2. The number of amides is 1. The molecule has 1 aliphatic carbocycles. The third-order valence-corrected chi connectivity index (χ3v) is 7.96.